The highest BCUT2D eigenvalue weighted by Gasteiger charge is 2.37. The molecule has 1 aliphatic rings. The molecule has 1 saturated heterocycles. The Morgan fingerprint density at radius 3 is 2.90 bits per heavy atom. The molecule has 0 spiro atoms. The van der Waals surface area contributed by atoms with Crippen LogP contribution in [-0.4, -0.2) is 29.6 Å². The molecule has 20 heavy (non-hydrogen) atoms. The van der Waals surface area contributed by atoms with E-state index >= 15 is 0 Å². The molecule has 1 heterocycles. The highest BCUT2D eigenvalue weighted by Crippen LogP contribution is 2.28. The highest BCUT2D eigenvalue weighted by molar-refractivity contribution is 6.07. The predicted octanol–water partition coefficient (Wildman–Crippen LogP) is 2.30. The Balaban J connectivity index is 2.16. The van der Waals surface area contributed by atoms with Crippen molar-refractivity contribution in [2.45, 2.75) is 32.8 Å². The van der Waals surface area contributed by atoms with Crippen LogP contribution < -0.4 is 9.64 Å². The maximum Gasteiger partial charge on any atom is 0.316 e. The second-order valence-electron chi connectivity index (χ2n) is 5.00. The van der Waals surface area contributed by atoms with Gasteiger partial charge in [0.2, 0.25) is 5.91 Å². The summed E-state index contributed by atoms with van der Waals surface area (Å²) < 4.78 is 5.72. The van der Waals surface area contributed by atoms with Crippen LogP contribution in [0.1, 0.15) is 26.7 Å². The quantitative estimate of drug-likeness (QED) is 0.839. The smallest absolute Gasteiger partial charge is 0.316 e. The standard InChI is InChI=1S/C15H19NO4/c1-3-10(2)20-12-6-4-5-11(9-12)16-8-7-13(14(16)17)15(18)19/h4-6,9-10,13H,3,7-8H2,1-2H3,(H,18,19). The fraction of sp³-hybridized carbons (Fsp3) is 0.467. The molecule has 1 aromatic carbocycles. The number of carboxylic acids is 1. The van der Waals surface area contributed by atoms with E-state index in [0.29, 0.717) is 24.4 Å². The number of anilines is 1. The Hall–Kier alpha value is -2.04. The van der Waals surface area contributed by atoms with Crippen molar-refractivity contribution in [1.82, 2.24) is 0 Å². The summed E-state index contributed by atoms with van der Waals surface area (Å²) >= 11 is 0. The van der Waals surface area contributed by atoms with Crippen LogP contribution in [0.3, 0.4) is 0 Å². The maximum absolute atomic E-state index is 12.0. The number of benzene rings is 1. The maximum atomic E-state index is 12.0. The molecular weight excluding hydrogens is 258 g/mol. The minimum Gasteiger partial charge on any atom is -0.491 e. The van der Waals surface area contributed by atoms with Crippen LogP contribution in [0.4, 0.5) is 5.69 Å². The largest absolute Gasteiger partial charge is 0.491 e. The van der Waals surface area contributed by atoms with Gasteiger partial charge in [0.05, 0.1) is 6.10 Å². The number of hydrogen-bond donors (Lipinski definition) is 1. The highest BCUT2D eigenvalue weighted by atomic mass is 16.5. The van der Waals surface area contributed by atoms with Gasteiger partial charge in [0.1, 0.15) is 11.7 Å². The second-order valence-corrected chi connectivity index (χ2v) is 5.00. The molecule has 2 unspecified atom stereocenters. The lowest BCUT2D eigenvalue weighted by molar-refractivity contribution is -0.144. The van der Waals surface area contributed by atoms with E-state index in [2.05, 4.69) is 0 Å². The summed E-state index contributed by atoms with van der Waals surface area (Å²) in [7, 11) is 0. The molecule has 0 aliphatic carbocycles. The summed E-state index contributed by atoms with van der Waals surface area (Å²) in [4.78, 5) is 24.5. The number of aliphatic carboxylic acids is 1. The number of hydrogen-bond acceptors (Lipinski definition) is 3. The van der Waals surface area contributed by atoms with Gasteiger partial charge in [0, 0.05) is 18.3 Å². The molecular formula is C15H19NO4. The monoisotopic (exact) mass is 277 g/mol. The molecule has 1 fully saturated rings. The summed E-state index contributed by atoms with van der Waals surface area (Å²) in [5, 5.41) is 8.98. The van der Waals surface area contributed by atoms with Gasteiger partial charge in [-0.1, -0.05) is 13.0 Å². The van der Waals surface area contributed by atoms with Crippen LogP contribution in [0.5, 0.6) is 5.75 Å². The fourth-order valence-electron chi connectivity index (χ4n) is 2.21. The summed E-state index contributed by atoms with van der Waals surface area (Å²) in [5.41, 5.74) is 0.694. The topological polar surface area (TPSA) is 66.8 Å². The molecule has 1 N–H and O–H groups in total. The van der Waals surface area contributed by atoms with Gasteiger partial charge in [-0.3, -0.25) is 9.59 Å². The molecule has 5 heteroatoms. The number of carbonyl (C=O) groups is 2. The number of carbonyl (C=O) groups excluding carboxylic acids is 1. The van der Waals surface area contributed by atoms with Gasteiger partial charge in [-0.2, -0.15) is 0 Å². The molecule has 0 saturated carbocycles. The normalized spacial score (nSPS) is 20.0. The Bertz CT molecular complexity index is 514. The molecule has 2 rings (SSSR count). The van der Waals surface area contributed by atoms with E-state index in [1.165, 1.54) is 4.90 Å². The zero-order valence-corrected chi connectivity index (χ0v) is 11.7. The molecule has 1 aromatic rings. The summed E-state index contributed by atoms with van der Waals surface area (Å²) in [6.45, 7) is 4.45. The van der Waals surface area contributed by atoms with Crippen molar-refractivity contribution in [1.29, 1.82) is 0 Å². The van der Waals surface area contributed by atoms with Crippen LogP contribution in [0.2, 0.25) is 0 Å². The van der Waals surface area contributed by atoms with Gasteiger partial charge < -0.3 is 14.7 Å². The van der Waals surface area contributed by atoms with E-state index in [9.17, 15) is 9.59 Å². The average molecular weight is 277 g/mol. The lowest BCUT2D eigenvalue weighted by Gasteiger charge is -2.18. The van der Waals surface area contributed by atoms with Crippen molar-refractivity contribution in [2.24, 2.45) is 5.92 Å². The minimum absolute atomic E-state index is 0.103. The van der Waals surface area contributed by atoms with Crippen LogP contribution in [-0.2, 0) is 9.59 Å². The molecule has 1 amide bonds. The minimum atomic E-state index is -1.05. The lowest BCUT2D eigenvalue weighted by Crippen LogP contribution is -2.30. The number of amides is 1. The van der Waals surface area contributed by atoms with Gasteiger partial charge in [-0.25, -0.2) is 0 Å². The second kappa shape index (κ2) is 5.94. The van der Waals surface area contributed by atoms with Crippen molar-refractivity contribution in [3.05, 3.63) is 24.3 Å². The number of carboxylic acid groups (broad SMARTS) is 1. The van der Waals surface area contributed by atoms with Crippen LogP contribution in [0.25, 0.3) is 0 Å². The van der Waals surface area contributed by atoms with Crippen LogP contribution in [0, 0.1) is 5.92 Å². The molecule has 0 bridgehead atoms. The first-order chi connectivity index (χ1) is 9.52. The molecule has 5 nitrogen and oxygen atoms in total. The molecule has 0 aromatic heterocycles. The Morgan fingerprint density at radius 2 is 2.30 bits per heavy atom. The van der Waals surface area contributed by atoms with Gasteiger partial charge in [-0.05, 0) is 31.9 Å². The first-order valence-electron chi connectivity index (χ1n) is 6.83. The summed E-state index contributed by atoms with van der Waals surface area (Å²) in [5.74, 6) is -1.62. The van der Waals surface area contributed by atoms with Crippen LogP contribution in [0.15, 0.2) is 24.3 Å². The van der Waals surface area contributed by atoms with Crippen molar-refractivity contribution in [3.63, 3.8) is 0 Å². The van der Waals surface area contributed by atoms with Crippen molar-refractivity contribution in [2.75, 3.05) is 11.4 Å². The zero-order chi connectivity index (χ0) is 14.7. The number of nitrogens with zero attached hydrogens (tertiary/aromatic N) is 1. The first kappa shape index (κ1) is 14.4. The lowest BCUT2D eigenvalue weighted by atomic mass is 10.1. The van der Waals surface area contributed by atoms with Gasteiger partial charge in [-0.15, -0.1) is 0 Å². The van der Waals surface area contributed by atoms with E-state index in [0.717, 1.165) is 6.42 Å². The van der Waals surface area contributed by atoms with Gasteiger partial charge >= 0.3 is 5.97 Å². The summed E-state index contributed by atoms with van der Waals surface area (Å²) in [6, 6.07) is 7.24. The van der Waals surface area contributed by atoms with Gasteiger partial charge in [0.15, 0.2) is 0 Å². The number of ether oxygens (including phenoxy) is 1. The van der Waals surface area contributed by atoms with Crippen molar-refractivity contribution < 1.29 is 19.4 Å². The number of rotatable bonds is 5. The van der Waals surface area contributed by atoms with Crippen molar-refractivity contribution in [3.8, 4) is 5.75 Å². The first-order valence-corrected chi connectivity index (χ1v) is 6.83. The van der Waals surface area contributed by atoms with E-state index in [1.807, 2.05) is 26.0 Å². The van der Waals surface area contributed by atoms with Crippen molar-refractivity contribution >= 4 is 17.6 Å². The third kappa shape index (κ3) is 2.92. The third-order valence-corrected chi connectivity index (χ3v) is 3.55. The van der Waals surface area contributed by atoms with E-state index < -0.39 is 11.9 Å². The van der Waals surface area contributed by atoms with E-state index in [4.69, 9.17) is 9.84 Å². The average Bonchev–Trinajstić information content (AvgIpc) is 2.81. The molecule has 108 valence electrons. The zero-order valence-electron chi connectivity index (χ0n) is 11.7. The predicted molar refractivity (Wildman–Crippen MR) is 74.9 cm³/mol. The van der Waals surface area contributed by atoms with Gasteiger partial charge in [0.25, 0.3) is 0 Å². The Morgan fingerprint density at radius 1 is 1.55 bits per heavy atom. The third-order valence-electron chi connectivity index (χ3n) is 3.55. The molecule has 2 atom stereocenters. The SMILES string of the molecule is CCC(C)Oc1cccc(N2CCC(C(=O)O)C2=O)c1. The van der Waals surface area contributed by atoms with E-state index in [1.54, 1.807) is 12.1 Å². The Kier molecular flexibility index (Phi) is 4.27. The Labute approximate surface area is 118 Å². The fourth-order valence-corrected chi connectivity index (χ4v) is 2.21. The molecule has 0 radical (unpaired) electrons. The van der Waals surface area contributed by atoms with E-state index in [-0.39, 0.29) is 12.0 Å². The molecule has 1 aliphatic heterocycles. The van der Waals surface area contributed by atoms with Crippen LogP contribution >= 0.6 is 0 Å². The summed E-state index contributed by atoms with van der Waals surface area (Å²) in [6.07, 6.45) is 1.35.